The van der Waals surface area contributed by atoms with Crippen molar-refractivity contribution in [1.29, 1.82) is 21.2 Å². The van der Waals surface area contributed by atoms with Crippen LogP contribution in [0.4, 0.5) is 0 Å². The molecule has 1 saturated carbocycles. The molecule has 1 N–H and O–H groups in total. The predicted molar refractivity (Wildman–Crippen MR) is 121 cm³/mol. The number of ether oxygens (including phenoxy) is 3. The minimum atomic E-state index is -1.99. The summed E-state index contributed by atoms with van der Waals surface area (Å²) in [4.78, 5) is 0. The molecule has 0 radical (unpaired) electrons. The average Bonchev–Trinajstić information content (AvgIpc) is 3.08. The number of hydrogen-bond donors (Lipinski definition) is 1. The quantitative estimate of drug-likeness (QED) is 0.697. The van der Waals surface area contributed by atoms with Gasteiger partial charge in [0.25, 0.3) is 0 Å². The van der Waals surface area contributed by atoms with Crippen molar-refractivity contribution in [2.45, 2.75) is 44.0 Å². The molecule has 3 fully saturated rings. The number of nitrogens with zero attached hydrogens (tertiary/aromatic N) is 3. The van der Waals surface area contributed by atoms with Gasteiger partial charge < -0.3 is 14.2 Å². The van der Waals surface area contributed by atoms with Gasteiger partial charge in [-0.3, -0.25) is 5.41 Å². The first-order valence-corrected chi connectivity index (χ1v) is 11.5. The average molecular weight is 453 g/mol. The Morgan fingerprint density at radius 3 is 2.41 bits per heavy atom. The van der Waals surface area contributed by atoms with Crippen LogP contribution in [0.25, 0.3) is 0 Å². The van der Waals surface area contributed by atoms with E-state index in [2.05, 4.69) is 18.2 Å². The minimum absolute atomic E-state index is 0.104. The lowest BCUT2D eigenvalue weighted by Gasteiger charge is -2.53. The lowest BCUT2D eigenvalue weighted by atomic mass is 9.50. The van der Waals surface area contributed by atoms with Crippen LogP contribution < -0.4 is 4.74 Å². The Hall–Kier alpha value is -3.86. The van der Waals surface area contributed by atoms with Gasteiger partial charge >= 0.3 is 0 Å². The maximum Gasteiger partial charge on any atom is 0.217 e. The van der Waals surface area contributed by atoms with Crippen LogP contribution >= 0.6 is 0 Å². The maximum atomic E-state index is 10.6. The Balaban J connectivity index is 1.69. The van der Waals surface area contributed by atoms with E-state index in [1.807, 2.05) is 37.3 Å². The summed E-state index contributed by atoms with van der Waals surface area (Å²) in [5.74, 6) is -1.65. The maximum absolute atomic E-state index is 10.6. The molecule has 0 aromatic heterocycles. The van der Waals surface area contributed by atoms with Crippen LogP contribution in [-0.2, 0) is 9.47 Å². The molecule has 1 aliphatic carbocycles. The Morgan fingerprint density at radius 1 is 1.03 bits per heavy atom. The van der Waals surface area contributed by atoms with Gasteiger partial charge in [0, 0.05) is 12.0 Å². The standard InChI is InChI=1S/C27H24N4O3/c1-2-32-21-11-7-6-10-20(21)23-25(15-28,16-29)26(17-30)22-14-19(18-8-4-3-5-9-18)12-13-27(22,33-23)34-24(26)31/h3-11,19,22-23,31H,2,12-14H2,1H3. The van der Waals surface area contributed by atoms with Crippen LogP contribution in [0.1, 0.15) is 49.3 Å². The van der Waals surface area contributed by atoms with Crippen LogP contribution in [0.5, 0.6) is 5.75 Å². The molecule has 170 valence electrons. The fourth-order valence-electron chi connectivity index (χ4n) is 6.13. The Bertz CT molecular complexity index is 1240. The molecule has 2 heterocycles. The second-order valence-corrected chi connectivity index (χ2v) is 9.10. The summed E-state index contributed by atoms with van der Waals surface area (Å²) >= 11 is 0. The van der Waals surface area contributed by atoms with E-state index in [1.54, 1.807) is 24.3 Å². The molecule has 0 amide bonds. The van der Waals surface area contributed by atoms with Gasteiger partial charge in [0.1, 0.15) is 11.9 Å². The van der Waals surface area contributed by atoms with Gasteiger partial charge in [-0.2, -0.15) is 15.8 Å². The van der Waals surface area contributed by atoms with E-state index < -0.39 is 28.6 Å². The van der Waals surface area contributed by atoms with Gasteiger partial charge in [-0.05, 0) is 37.3 Å². The molecule has 2 aliphatic heterocycles. The highest BCUT2D eigenvalue weighted by Crippen LogP contribution is 2.71. The van der Waals surface area contributed by atoms with Gasteiger partial charge in [0.15, 0.2) is 5.41 Å². The van der Waals surface area contributed by atoms with Gasteiger partial charge in [-0.15, -0.1) is 0 Å². The second kappa shape index (κ2) is 7.87. The Labute approximate surface area is 198 Å². The lowest BCUT2D eigenvalue weighted by molar-refractivity contribution is -0.296. The normalized spacial score (nSPS) is 32.9. The highest BCUT2D eigenvalue weighted by Gasteiger charge is 2.81. The van der Waals surface area contributed by atoms with Crippen LogP contribution in [-0.4, -0.2) is 18.3 Å². The van der Waals surface area contributed by atoms with E-state index in [9.17, 15) is 15.8 Å². The topological polar surface area (TPSA) is 123 Å². The van der Waals surface area contributed by atoms with Crippen LogP contribution in [0, 0.1) is 56.2 Å². The van der Waals surface area contributed by atoms with Crippen molar-refractivity contribution in [3.63, 3.8) is 0 Å². The molecule has 2 bridgehead atoms. The third kappa shape index (κ3) is 2.67. The van der Waals surface area contributed by atoms with Crippen LogP contribution in [0.2, 0.25) is 0 Å². The zero-order chi connectivity index (χ0) is 24.0. The largest absolute Gasteiger partial charge is 0.493 e. The van der Waals surface area contributed by atoms with Crippen LogP contribution in [0.3, 0.4) is 0 Å². The molecule has 5 atom stereocenters. The van der Waals surface area contributed by atoms with Gasteiger partial charge in [-0.25, -0.2) is 0 Å². The zero-order valence-electron chi connectivity index (χ0n) is 18.8. The van der Waals surface area contributed by atoms with E-state index in [4.69, 9.17) is 19.6 Å². The fourth-order valence-corrected chi connectivity index (χ4v) is 6.13. The molecule has 2 aromatic rings. The third-order valence-corrected chi connectivity index (χ3v) is 7.68. The number of hydrogen-bond acceptors (Lipinski definition) is 7. The summed E-state index contributed by atoms with van der Waals surface area (Å²) in [6.07, 6.45) is 0.548. The first-order chi connectivity index (χ1) is 16.5. The minimum Gasteiger partial charge on any atom is -0.493 e. The van der Waals surface area contributed by atoms with Gasteiger partial charge in [-0.1, -0.05) is 48.5 Å². The van der Waals surface area contributed by atoms with Gasteiger partial charge in [0.05, 0.1) is 30.7 Å². The Morgan fingerprint density at radius 2 is 1.74 bits per heavy atom. The summed E-state index contributed by atoms with van der Waals surface area (Å²) in [6, 6.07) is 23.6. The third-order valence-electron chi connectivity index (χ3n) is 7.68. The molecule has 7 heteroatoms. The smallest absolute Gasteiger partial charge is 0.217 e. The van der Waals surface area contributed by atoms with E-state index in [0.29, 0.717) is 30.8 Å². The van der Waals surface area contributed by atoms with Crippen molar-refractivity contribution in [3.05, 3.63) is 65.7 Å². The molecule has 2 aromatic carbocycles. The van der Waals surface area contributed by atoms with Crippen molar-refractivity contribution in [3.8, 4) is 24.0 Å². The van der Waals surface area contributed by atoms with E-state index >= 15 is 0 Å². The molecule has 0 spiro atoms. The van der Waals surface area contributed by atoms with Crippen molar-refractivity contribution >= 4 is 5.90 Å². The number of para-hydroxylation sites is 1. The number of nitrogens with one attached hydrogen (secondary N) is 1. The fraction of sp³-hybridized carbons (Fsp3) is 0.407. The first kappa shape index (κ1) is 22.0. The van der Waals surface area contributed by atoms with Crippen molar-refractivity contribution in [1.82, 2.24) is 0 Å². The molecular formula is C27H24N4O3. The SMILES string of the molecule is CCOc1ccccc1C1OC23CCC(c4ccccc4)CC2C(C#N)(C(=N)O3)C1(C#N)C#N. The molecular weight excluding hydrogens is 428 g/mol. The van der Waals surface area contributed by atoms with E-state index in [-0.39, 0.29) is 11.8 Å². The first-order valence-electron chi connectivity index (χ1n) is 11.5. The summed E-state index contributed by atoms with van der Waals surface area (Å²) in [5, 5.41) is 40.4. The molecule has 2 saturated heterocycles. The lowest BCUT2D eigenvalue weighted by Crippen LogP contribution is -2.60. The van der Waals surface area contributed by atoms with E-state index in [0.717, 1.165) is 12.0 Å². The summed E-state index contributed by atoms with van der Waals surface area (Å²) in [5.41, 5.74) is -2.13. The predicted octanol–water partition coefficient (Wildman–Crippen LogP) is 4.99. The summed E-state index contributed by atoms with van der Waals surface area (Å²) < 4.78 is 18.4. The number of rotatable bonds is 4. The van der Waals surface area contributed by atoms with Crippen LogP contribution in [0.15, 0.2) is 54.6 Å². The Kier molecular flexibility index (Phi) is 5.08. The molecule has 5 unspecified atom stereocenters. The number of nitriles is 3. The zero-order valence-corrected chi connectivity index (χ0v) is 18.8. The summed E-state index contributed by atoms with van der Waals surface area (Å²) in [7, 11) is 0. The molecule has 3 aliphatic rings. The summed E-state index contributed by atoms with van der Waals surface area (Å²) in [6.45, 7) is 2.23. The molecule has 7 nitrogen and oxygen atoms in total. The van der Waals surface area contributed by atoms with Crippen molar-refractivity contribution < 1.29 is 14.2 Å². The second-order valence-electron chi connectivity index (χ2n) is 9.10. The molecule has 5 rings (SSSR count). The highest BCUT2D eigenvalue weighted by atomic mass is 16.7. The molecule has 34 heavy (non-hydrogen) atoms. The van der Waals surface area contributed by atoms with Gasteiger partial charge in [0.2, 0.25) is 17.1 Å². The van der Waals surface area contributed by atoms with Crippen molar-refractivity contribution in [2.24, 2.45) is 16.7 Å². The van der Waals surface area contributed by atoms with Crippen molar-refractivity contribution in [2.75, 3.05) is 6.61 Å². The number of benzene rings is 2. The monoisotopic (exact) mass is 452 g/mol. The highest BCUT2D eigenvalue weighted by molar-refractivity contribution is 5.89. The van der Waals surface area contributed by atoms with E-state index in [1.165, 1.54) is 0 Å².